The van der Waals surface area contributed by atoms with Gasteiger partial charge in [-0.25, -0.2) is 0 Å². The van der Waals surface area contributed by atoms with Gasteiger partial charge in [0.2, 0.25) is 0 Å². The van der Waals surface area contributed by atoms with Crippen LogP contribution in [0.3, 0.4) is 0 Å². The third-order valence-corrected chi connectivity index (χ3v) is 4.16. The average molecular weight is 455 g/mol. The van der Waals surface area contributed by atoms with Gasteiger partial charge in [-0.05, 0) is 29.8 Å². The maximum atomic E-state index is 13.1. The molecule has 146 valence electrons. The fourth-order valence-electron chi connectivity index (χ4n) is 2.10. The Labute approximate surface area is 158 Å². The summed E-state index contributed by atoms with van der Waals surface area (Å²) < 4.78 is 78.9. The van der Waals surface area contributed by atoms with Crippen molar-refractivity contribution >= 4 is 27.3 Å². The molecule has 2 aromatic carbocycles. The Hall–Kier alpha value is -2.07. The summed E-state index contributed by atoms with van der Waals surface area (Å²) in [5, 5.41) is 13.2. The van der Waals surface area contributed by atoms with Crippen LogP contribution in [-0.2, 0) is 0 Å². The highest BCUT2D eigenvalue weighted by molar-refractivity contribution is 9.10. The van der Waals surface area contributed by atoms with Crippen molar-refractivity contribution in [2.75, 3.05) is 5.43 Å². The third-order valence-electron chi connectivity index (χ3n) is 3.63. The second-order valence-corrected chi connectivity index (χ2v) is 6.49. The molecule has 0 atom stereocenters. The first kappa shape index (κ1) is 21.2. The Morgan fingerprint density at radius 2 is 1.41 bits per heavy atom. The topological polar surface area (TPSA) is 44.6 Å². The maximum Gasteiger partial charge on any atom is 0.426 e. The Morgan fingerprint density at radius 3 is 1.89 bits per heavy atom. The van der Waals surface area contributed by atoms with E-state index in [2.05, 4.69) is 26.5 Å². The molecule has 2 aromatic rings. The molecule has 0 fully saturated rings. The molecule has 10 heteroatoms. The van der Waals surface area contributed by atoms with Gasteiger partial charge >= 0.3 is 12.4 Å². The number of nitrogens with one attached hydrogen (secondary N) is 1. The lowest BCUT2D eigenvalue weighted by Crippen LogP contribution is -2.58. The van der Waals surface area contributed by atoms with Crippen LogP contribution in [0.4, 0.5) is 32.0 Å². The molecule has 0 amide bonds. The highest BCUT2D eigenvalue weighted by atomic mass is 79.9. The van der Waals surface area contributed by atoms with Crippen LogP contribution in [0.5, 0.6) is 0 Å². The summed E-state index contributed by atoms with van der Waals surface area (Å²) in [5.74, 6) is 0. The van der Waals surface area contributed by atoms with Crippen LogP contribution in [0, 0.1) is 0 Å². The van der Waals surface area contributed by atoms with E-state index in [4.69, 9.17) is 0 Å². The predicted molar refractivity (Wildman–Crippen MR) is 92.4 cm³/mol. The van der Waals surface area contributed by atoms with Crippen LogP contribution < -0.4 is 5.43 Å². The minimum Gasteiger partial charge on any atom is -0.373 e. The summed E-state index contributed by atoms with van der Waals surface area (Å²) in [5.41, 5.74) is -2.78. The number of halogens is 7. The van der Waals surface area contributed by atoms with Crippen molar-refractivity contribution in [2.24, 2.45) is 5.10 Å². The van der Waals surface area contributed by atoms with Gasteiger partial charge in [0, 0.05) is 10.9 Å². The average Bonchev–Trinajstić information content (AvgIpc) is 2.58. The van der Waals surface area contributed by atoms with Crippen molar-refractivity contribution < 1.29 is 31.4 Å². The molecule has 2 rings (SSSR count). The van der Waals surface area contributed by atoms with Gasteiger partial charge in [0.1, 0.15) is 0 Å². The Kier molecular flexibility index (Phi) is 6.21. The fourth-order valence-corrected chi connectivity index (χ4v) is 2.36. The predicted octanol–water partition coefficient (Wildman–Crippen LogP) is 5.51. The van der Waals surface area contributed by atoms with Crippen LogP contribution >= 0.6 is 15.9 Å². The van der Waals surface area contributed by atoms with E-state index in [0.29, 0.717) is 10.2 Å². The molecule has 0 saturated carbocycles. The van der Waals surface area contributed by atoms with Gasteiger partial charge in [0.25, 0.3) is 5.60 Å². The molecule has 0 aliphatic heterocycles. The van der Waals surface area contributed by atoms with Crippen LogP contribution in [0.2, 0.25) is 0 Å². The summed E-state index contributed by atoms with van der Waals surface area (Å²) >= 11 is 3.13. The smallest absolute Gasteiger partial charge is 0.373 e. The molecule has 2 N–H and O–H groups in total. The lowest BCUT2D eigenvalue weighted by molar-refractivity contribution is -0.365. The minimum absolute atomic E-state index is 0.00597. The molecule has 0 bridgehead atoms. The number of alkyl halides is 6. The van der Waals surface area contributed by atoms with E-state index in [-0.39, 0.29) is 5.56 Å². The third kappa shape index (κ3) is 5.01. The van der Waals surface area contributed by atoms with Crippen molar-refractivity contribution in [3.8, 4) is 0 Å². The molecule has 0 aliphatic carbocycles. The van der Waals surface area contributed by atoms with E-state index in [0.717, 1.165) is 0 Å². The van der Waals surface area contributed by atoms with Gasteiger partial charge in [0.05, 0.1) is 11.4 Å². The van der Waals surface area contributed by atoms with Gasteiger partial charge < -0.3 is 5.11 Å². The Balaban J connectivity index is 2.47. The molecule has 0 aliphatic rings. The molecule has 0 radical (unpaired) electrons. The number of hydrazone groups is 1. The first-order chi connectivity index (χ1) is 12.4. The number of hydrogen-bond donors (Lipinski definition) is 2. The molecule has 27 heavy (non-hydrogen) atoms. The molecule has 0 saturated heterocycles. The van der Waals surface area contributed by atoms with Gasteiger partial charge in [-0.3, -0.25) is 5.43 Å². The van der Waals surface area contributed by atoms with Gasteiger partial charge in [-0.2, -0.15) is 31.4 Å². The van der Waals surface area contributed by atoms with Crippen molar-refractivity contribution in [2.45, 2.75) is 24.4 Å². The largest absolute Gasteiger partial charge is 0.426 e. The lowest BCUT2D eigenvalue weighted by Gasteiger charge is -2.32. The number of rotatable bonds is 5. The number of nitrogens with zero attached hydrogens (tertiary/aromatic N) is 1. The SMILES string of the molecule is OC(C/C(=N/Nc1ccccc1)c1ccc(Br)cc1)(C(F)(F)F)C(F)(F)F. The quantitative estimate of drug-likeness (QED) is 0.355. The van der Waals surface area contributed by atoms with Crippen molar-refractivity contribution in [1.82, 2.24) is 0 Å². The monoisotopic (exact) mass is 454 g/mol. The molecule has 0 aromatic heterocycles. The van der Waals surface area contributed by atoms with Crippen LogP contribution in [0.25, 0.3) is 0 Å². The standard InChI is InChI=1S/C17H13BrF6N2O/c18-12-8-6-11(7-9-12)14(26-25-13-4-2-1-3-5-13)10-15(27,16(19,20)21)17(22,23)24/h1-9,25,27H,10H2/b26-14-. The fraction of sp³-hybridized carbons (Fsp3) is 0.235. The van der Waals surface area contributed by atoms with Gasteiger partial charge in [-0.1, -0.05) is 46.3 Å². The minimum atomic E-state index is -5.94. The molecule has 0 spiro atoms. The van der Waals surface area contributed by atoms with Crippen LogP contribution in [0.15, 0.2) is 64.2 Å². The normalized spacial score (nSPS) is 13.6. The summed E-state index contributed by atoms with van der Waals surface area (Å²) in [6, 6.07) is 13.4. The molecule has 3 nitrogen and oxygen atoms in total. The number of para-hydroxylation sites is 1. The van der Waals surface area contributed by atoms with Crippen molar-refractivity contribution in [3.05, 3.63) is 64.6 Å². The van der Waals surface area contributed by atoms with E-state index in [1.165, 1.54) is 36.4 Å². The Bertz CT molecular complexity index is 774. The molecule has 0 heterocycles. The highest BCUT2D eigenvalue weighted by Gasteiger charge is 2.70. The van der Waals surface area contributed by atoms with E-state index >= 15 is 0 Å². The Morgan fingerprint density at radius 1 is 0.889 bits per heavy atom. The van der Waals surface area contributed by atoms with Crippen LogP contribution in [-0.4, -0.2) is 28.8 Å². The zero-order valence-corrected chi connectivity index (χ0v) is 15.0. The highest BCUT2D eigenvalue weighted by Crippen LogP contribution is 2.45. The molecule has 0 unspecified atom stereocenters. The number of anilines is 1. The second kappa shape index (κ2) is 7.89. The lowest BCUT2D eigenvalue weighted by atomic mass is 9.92. The van der Waals surface area contributed by atoms with E-state index in [1.54, 1.807) is 18.2 Å². The summed E-state index contributed by atoms with van der Waals surface area (Å²) in [6.45, 7) is 0. The molecular formula is C17H13BrF6N2O. The maximum absolute atomic E-state index is 13.1. The zero-order valence-electron chi connectivity index (χ0n) is 13.4. The summed E-state index contributed by atoms with van der Waals surface area (Å²) in [4.78, 5) is 0. The number of hydrogen-bond acceptors (Lipinski definition) is 3. The first-order valence-electron chi connectivity index (χ1n) is 7.43. The van der Waals surface area contributed by atoms with Crippen molar-refractivity contribution in [3.63, 3.8) is 0 Å². The van der Waals surface area contributed by atoms with Crippen LogP contribution in [0.1, 0.15) is 12.0 Å². The number of aliphatic hydroxyl groups is 1. The first-order valence-corrected chi connectivity index (χ1v) is 8.23. The van der Waals surface area contributed by atoms with Gasteiger partial charge in [-0.15, -0.1) is 0 Å². The number of benzene rings is 2. The molecular weight excluding hydrogens is 442 g/mol. The van der Waals surface area contributed by atoms with E-state index in [1.807, 2.05) is 0 Å². The van der Waals surface area contributed by atoms with Gasteiger partial charge in [0.15, 0.2) is 0 Å². The van der Waals surface area contributed by atoms with Crippen molar-refractivity contribution in [1.29, 1.82) is 0 Å². The second-order valence-electron chi connectivity index (χ2n) is 5.58. The van der Waals surface area contributed by atoms with E-state index in [9.17, 15) is 31.4 Å². The zero-order chi connectivity index (χ0) is 20.3. The van der Waals surface area contributed by atoms with E-state index < -0.39 is 30.1 Å². The summed E-state index contributed by atoms with van der Waals surface area (Å²) in [6.07, 6.45) is -13.7. The summed E-state index contributed by atoms with van der Waals surface area (Å²) in [7, 11) is 0.